The number of aldehydes is 1. The van der Waals surface area contributed by atoms with Crippen LogP contribution < -0.4 is 4.74 Å². The summed E-state index contributed by atoms with van der Waals surface area (Å²) in [7, 11) is 3.67. The van der Waals surface area contributed by atoms with E-state index in [2.05, 4.69) is 26.0 Å². The molecule has 0 saturated heterocycles. The molecule has 0 atom stereocenters. The van der Waals surface area contributed by atoms with Crippen LogP contribution >= 0.6 is 0 Å². The maximum absolute atomic E-state index is 10.4. The second kappa shape index (κ2) is 7.17. The van der Waals surface area contributed by atoms with Crippen LogP contribution in [0.15, 0.2) is 18.2 Å². The Kier molecular flexibility index (Phi) is 5.86. The first-order chi connectivity index (χ1) is 8.58. The van der Waals surface area contributed by atoms with Crippen molar-refractivity contribution in [2.24, 2.45) is 0 Å². The van der Waals surface area contributed by atoms with Gasteiger partial charge in [0, 0.05) is 6.54 Å². The van der Waals surface area contributed by atoms with E-state index in [1.54, 1.807) is 7.11 Å². The zero-order valence-corrected chi connectivity index (χ0v) is 11.8. The lowest BCUT2D eigenvalue weighted by Gasteiger charge is -2.16. The molecule has 0 fully saturated rings. The minimum absolute atomic E-state index is 0.451. The molecule has 0 bridgehead atoms. The summed E-state index contributed by atoms with van der Waals surface area (Å²) in [5.74, 6) is 1.41. The molecule has 18 heavy (non-hydrogen) atoms. The standard InChI is InChI=1S/C15H23NO2/c1-12(2)14-11-13(5-6-15(14)18-4)7-8-16(3)9-10-17/h5-6,10-12H,7-9H2,1-4H3. The Morgan fingerprint density at radius 2 is 2.11 bits per heavy atom. The maximum Gasteiger partial charge on any atom is 0.133 e. The van der Waals surface area contributed by atoms with Crippen molar-refractivity contribution in [3.8, 4) is 5.75 Å². The number of likely N-dealkylation sites (N-methyl/N-ethyl adjacent to an activating group) is 1. The van der Waals surface area contributed by atoms with Crippen molar-refractivity contribution < 1.29 is 9.53 Å². The highest BCUT2D eigenvalue weighted by Gasteiger charge is 2.08. The van der Waals surface area contributed by atoms with Crippen molar-refractivity contribution in [1.29, 1.82) is 0 Å². The van der Waals surface area contributed by atoms with Gasteiger partial charge in [0.25, 0.3) is 0 Å². The number of benzene rings is 1. The van der Waals surface area contributed by atoms with Crippen molar-refractivity contribution in [2.45, 2.75) is 26.2 Å². The highest BCUT2D eigenvalue weighted by atomic mass is 16.5. The van der Waals surface area contributed by atoms with Gasteiger partial charge >= 0.3 is 0 Å². The molecule has 100 valence electrons. The van der Waals surface area contributed by atoms with Crippen LogP contribution in [0.1, 0.15) is 30.9 Å². The highest BCUT2D eigenvalue weighted by molar-refractivity contribution is 5.51. The molecular weight excluding hydrogens is 226 g/mol. The van der Waals surface area contributed by atoms with E-state index in [0.29, 0.717) is 12.5 Å². The Morgan fingerprint density at radius 1 is 1.39 bits per heavy atom. The molecule has 0 aliphatic heterocycles. The topological polar surface area (TPSA) is 29.5 Å². The SMILES string of the molecule is COc1ccc(CCN(C)CC=O)cc1C(C)C. The van der Waals surface area contributed by atoms with E-state index in [9.17, 15) is 4.79 Å². The summed E-state index contributed by atoms with van der Waals surface area (Å²) in [6.45, 7) is 5.72. The largest absolute Gasteiger partial charge is 0.496 e. The maximum atomic E-state index is 10.4. The van der Waals surface area contributed by atoms with Crippen LogP contribution in [0.2, 0.25) is 0 Å². The summed E-state index contributed by atoms with van der Waals surface area (Å²) in [5, 5.41) is 0. The normalized spacial score (nSPS) is 11.0. The first kappa shape index (κ1) is 14.7. The molecule has 0 radical (unpaired) electrons. The van der Waals surface area contributed by atoms with Gasteiger partial charge in [-0.05, 0) is 36.6 Å². The van der Waals surface area contributed by atoms with Crippen LogP contribution in [0.25, 0.3) is 0 Å². The summed E-state index contributed by atoms with van der Waals surface area (Å²) in [4.78, 5) is 12.4. The van der Waals surface area contributed by atoms with Gasteiger partial charge in [0.15, 0.2) is 0 Å². The van der Waals surface area contributed by atoms with Crippen molar-refractivity contribution in [2.75, 3.05) is 27.2 Å². The average Bonchev–Trinajstić information content (AvgIpc) is 2.36. The van der Waals surface area contributed by atoms with Crippen molar-refractivity contribution >= 4 is 6.29 Å². The van der Waals surface area contributed by atoms with Gasteiger partial charge in [-0.25, -0.2) is 0 Å². The first-order valence-electron chi connectivity index (χ1n) is 6.37. The van der Waals surface area contributed by atoms with Crippen LogP contribution in [0.4, 0.5) is 0 Å². The fraction of sp³-hybridized carbons (Fsp3) is 0.533. The van der Waals surface area contributed by atoms with Gasteiger partial charge in [-0.3, -0.25) is 4.90 Å². The van der Waals surface area contributed by atoms with E-state index >= 15 is 0 Å². The molecule has 3 heteroatoms. The molecule has 0 N–H and O–H groups in total. The number of hydrogen-bond donors (Lipinski definition) is 0. The lowest BCUT2D eigenvalue weighted by atomic mass is 9.98. The third-order valence-corrected chi connectivity index (χ3v) is 3.08. The van der Waals surface area contributed by atoms with E-state index in [-0.39, 0.29) is 0 Å². The van der Waals surface area contributed by atoms with Gasteiger partial charge in [-0.2, -0.15) is 0 Å². The molecule has 0 amide bonds. The lowest BCUT2D eigenvalue weighted by Crippen LogP contribution is -2.23. The van der Waals surface area contributed by atoms with Gasteiger partial charge in [-0.1, -0.05) is 26.0 Å². The first-order valence-corrected chi connectivity index (χ1v) is 6.37. The highest BCUT2D eigenvalue weighted by Crippen LogP contribution is 2.27. The number of ether oxygens (including phenoxy) is 1. The van der Waals surface area contributed by atoms with E-state index in [0.717, 1.165) is 25.0 Å². The molecule has 0 saturated carbocycles. The number of carbonyl (C=O) groups excluding carboxylic acids is 1. The summed E-state index contributed by atoms with van der Waals surface area (Å²) in [6, 6.07) is 6.34. The van der Waals surface area contributed by atoms with Crippen molar-refractivity contribution in [3.05, 3.63) is 29.3 Å². The molecule has 0 unspecified atom stereocenters. The van der Waals surface area contributed by atoms with Crippen molar-refractivity contribution in [3.63, 3.8) is 0 Å². The van der Waals surface area contributed by atoms with Gasteiger partial charge in [0.05, 0.1) is 13.7 Å². The monoisotopic (exact) mass is 249 g/mol. The van der Waals surface area contributed by atoms with E-state index in [1.807, 2.05) is 18.0 Å². The number of hydrogen-bond acceptors (Lipinski definition) is 3. The Balaban J connectivity index is 2.72. The molecule has 0 heterocycles. The fourth-order valence-corrected chi connectivity index (χ4v) is 1.93. The van der Waals surface area contributed by atoms with Gasteiger partial charge in [0.1, 0.15) is 12.0 Å². The van der Waals surface area contributed by atoms with Gasteiger partial charge < -0.3 is 9.53 Å². The Labute approximate surface area is 110 Å². The third-order valence-electron chi connectivity index (χ3n) is 3.08. The number of carbonyl (C=O) groups is 1. The Bertz CT molecular complexity index is 388. The third kappa shape index (κ3) is 4.15. The van der Waals surface area contributed by atoms with Crippen LogP contribution in [0, 0.1) is 0 Å². The molecule has 1 rings (SSSR count). The molecule has 0 aromatic heterocycles. The molecule has 3 nitrogen and oxygen atoms in total. The number of nitrogens with zero attached hydrogens (tertiary/aromatic N) is 1. The summed E-state index contributed by atoms with van der Waals surface area (Å²) < 4.78 is 5.37. The summed E-state index contributed by atoms with van der Waals surface area (Å²) >= 11 is 0. The molecule has 0 aliphatic carbocycles. The quantitative estimate of drug-likeness (QED) is 0.695. The number of rotatable bonds is 7. The van der Waals surface area contributed by atoms with Crippen LogP contribution in [0.5, 0.6) is 5.75 Å². The average molecular weight is 249 g/mol. The van der Waals surface area contributed by atoms with E-state index in [4.69, 9.17) is 4.74 Å². The Morgan fingerprint density at radius 3 is 2.67 bits per heavy atom. The molecular formula is C15H23NO2. The van der Waals surface area contributed by atoms with Gasteiger partial charge in [0.2, 0.25) is 0 Å². The predicted molar refractivity (Wildman–Crippen MR) is 74.3 cm³/mol. The van der Waals surface area contributed by atoms with Crippen LogP contribution in [0.3, 0.4) is 0 Å². The predicted octanol–water partition coefficient (Wildman–Crippen LogP) is 2.49. The second-order valence-electron chi connectivity index (χ2n) is 4.91. The number of methoxy groups -OCH3 is 1. The smallest absolute Gasteiger partial charge is 0.133 e. The second-order valence-corrected chi connectivity index (χ2v) is 4.91. The van der Waals surface area contributed by atoms with E-state index in [1.165, 1.54) is 11.1 Å². The lowest BCUT2D eigenvalue weighted by molar-refractivity contribution is -0.108. The molecule has 1 aromatic carbocycles. The van der Waals surface area contributed by atoms with E-state index < -0.39 is 0 Å². The molecule has 0 spiro atoms. The summed E-state index contributed by atoms with van der Waals surface area (Å²) in [5.41, 5.74) is 2.53. The Hall–Kier alpha value is -1.35. The zero-order valence-electron chi connectivity index (χ0n) is 11.8. The van der Waals surface area contributed by atoms with Crippen LogP contribution in [-0.2, 0) is 11.2 Å². The minimum atomic E-state index is 0.451. The zero-order chi connectivity index (χ0) is 13.5. The summed E-state index contributed by atoms with van der Waals surface area (Å²) in [6.07, 6.45) is 1.89. The fourth-order valence-electron chi connectivity index (χ4n) is 1.93. The van der Waals surface area contributed by atoms with Crippen LogP contribution in [-0.4, -0.2) is 38.4 Å². The minimum Gasteiger partial charge on any atom is -0.496 e. The van der Waals surface area contributed by atoms with Gasteiger partial charge in [-0.15, -0.1) is 0 Å². The molecule has 0 aliphatic rings. The van der Waals surface area contributed by atoms with Crippen molar-refractivity contribution in [1.82, 2.24) is 4.90 Å². The molecule has 1 aromatic rings.